The molecule has 1 N–H and O–H groups in total. The van der Waals surface area contributed by atoms with Gasteiger partial charge in [0.2, 0.25) is 0 Å². The summed E-state index contributed by atoms with van der Waals surface area (Å²) in [6.45, 7) is 4.11. The minimum absolute atomic E-state index is 0.00987. The number of rotatable bonds is 3. The highest BCUT2D eigenvalue weighted by Gasteiger charge is 2.34. The number of hydrogen-bond donors (Lipinski definition) is 1. The molecule has 0 saturated carbocycles. The molecule has 4 heterocycles. The molecule has 2 aromatic rings. The SMILES string of the molecule is O=C(c1n[nH]c2c1CN(C(=O)[C@@H]1CCCO1)CC2)N1CCN(c2ccc(F)cc2)CC1. The topological polar surface area (TPSA) is 81.8 Å². The number of H-pyrrole nitrogens is 1. The number of carbonyl (C=O) groups is 2. The van der Waals surface area contributed by atoms with E-state index in [0.717, 1.165) is 29.8 Å². The van der Waals surface area contributed by atoms with Gasteiger partial charge in [-0.05, 0) is 37.1 Å². The molecule has 2 fully saturated rings. The maximum absolute atomic E-state index is 13.2. The number of carbonyl (C=O) groups excluding carboxylic acids is 2. The fourth-order valence-corrected chi connectivity index (χ4v) is 4.61. The maximum atomic E-state index is 13.2. The minimum Gasteiger partial charge on any atom is -0.368 e. The number of benzene rings is 1. The lowest BCUT2D eigenvalue weighted by molar-refractivity contribution is -0.141. The fourth-order valence-electron chi connectivity index (χ4n) is 4.61. The molecule has 0 aliphatic carbocycles. The maximum Gasteiger partial charge on any atom is 0.274 e. The number of anilines is 1. The van der Waals surface area contributed by atoms with Crippen molar-refractivity contribution in [3.63, 3.8) is 0 Å². The van der Waals surface area contributed by atoms with Gasteiger partial charge in [0.15, 0.2) is 5.69 Å². The Hall–Kier alpha value is -2.94. The number of ether oxygens (including phenoxy) is 1. The molecule has 5 rings (SSSR count). The van der Waals surface area contributed by atoms with Gasteiger partial charge in [0.05, 0.1) is 0 Å². The van der Waals surface area contributed by atoms with E-state index >= 15 is 0 Å². The summed E-state index contributed by atoms with van der Waals surface area (Å²) in [7, 11) is 0. The second-order valence-corrected chi connectivity index (χ2v) is 8.30. The quantitative estimate of drug-likeness (QED) is 0.804. The average Bonchev–Trinajstić information content (AvgIpc) is 3.49. The van der Waals surface area contributed by atoms with Gasteiger partial charge in [-0.15, -0.1) is 0 Å². The van der Waals surface area contributed by atoms with Crippen molar-refractivity contribution in [3.05, 3.63) is 47.0 Å². The molecule has 8 nitrogen and oxygen atoms in total. The predicted molar refractivity (Wildman–Crippen MR) is 111 cm³/mol. The summed E-state index contributed by atoms with van der Waals surface area (Å²) in [5.74, 6) is -0.355. The summed E-state index contributed by atoms with van der Waals surface area (Å²) in [5, 5.41) is 7.31. The molecule has 1 aromatic carbocycles. The number of halogens is 1. The van der Waals surface area contributed by atoms with Gasteiger partial charge in [0.25, 0.3) is 11.8 Å². The van der Waals surface area contributed by atoms with Crippen molar-refractivity contribution in [3.8, 4) is 0 Å². The summed E-state index contributed by atoms with van der Waals surface area (Å²) in [6, 6.07) is 6.42. The van der Waals surface area contributed by atoms with Crippen molar-refractivity contribution in [2.75, 3.05) is 44.2 Å². The van der Waals surface area contributed by atoms with E-state index in [-0.39, 0.29) is 23.7 Å². The zero-order valence-corrected chi connectivity index (χ0v) is 17.3. The third kappa shape index (κ3) is 3.89. The van der Waals surface area contributed by atoms with Crippen LogP contribution in [0.3, 0.4) is 0 Å². The van der Waals surface area contributed by atoms with Crippen LogP contribution in [0.15, 0.2) is 24.3 Å². The second kappa shape index (κ2) is 8.30. The lowest BCUT2D eigenvalue weighted by Gasteiger charge is -2.36. The summed E-state index contributed by atoms with van der Waals surface area (Å²) in [5.41, 5.74) is 3.12. The number of piperazine rings is 1. The van der Waals surface area contributed by atoms with Gasteiger partial charge in [-0.2, -0.15) is 5.10 Å². The van der Waals surface area contributed by atoms with E-state index in [9.17, 15) is 14.0 Å². The van der Waals surface area contributed by atoms with Crippen LogP contribution in [0, 0.1) is 5.82 Å². The molecular formula is C22H26FN5O3. The standard InChI is InChI=1S/C22H26FN5O3/c23-15-3-5-16(6-4-15)26-9-11-27(12-10-26)22(30)20-17-14-28(8-7-18(17)24-25-20)21(29)19-2-1-13-31-19/h3-6,19H,1-2,7-14H2,(H,24,25)/t19-/m0/s1. The van der Waals surface area contributed by atoms with Gasteiger partial charge >= 0.3 is 0 Å². The Morgan fingerprint density at radius 1 is 1.06 bits per heavy atom. The number of amides is 2. The highest BCUT2D eigenvalue weighted by Crippen LogP contribution is 2.25. The van der Waals surface area contributed by atoms with Crippen LogP contribution in [0.25, 0.3) is 0 Å². The van der Waals surface area contributed by atoms with Gasteiger partial charge in [0.1, 0.15) is 11.9 Å². The van der Waals surface area contributed by atoms with Crippen molar-refractivity contribution in [1.82, 2.24) is 20.0 Å². The third-order valence-corrected chi connectivity index (χ3v) is 6.41. The number of aromatic nitrogens is 2. The van der Waals surface area contributed by atoms with E-state index in [4.69, 9.17) is 4.74 Å². The minimum atomic E-state index is -0.354. The number of nitrogens with one attached hydrogen (secondary N) is 1. The Kier molecular flexibility index (Phi) is 5.35. The first kappa shape index (κ1) is 20.0. The summed E-state index contributed by atoms with van der Waals surface area (Å²) in [6.07, 6.45) is 1.98. The number of nitrogens with zero attached hydrogens (tertiary/aromatic N) is 4. The Bertz CT molecular complexity index is 962. The molecule has 3 aliphatic rings. The molecular weight excluding hydrogens is 401 g/mol. The van der Waals surface area contributed by atoms with Gasteiger partial charge < -0.3 is 19.4 Å². The first-order chi connectivity index (χ1) is 15.1. The smallest absolute Gasteiger partial charge is 0.274 e. The number of fused-ring (bicyclic) bond motifs is 1. The summed E-state index contributed by atoms with van der Waals surface area (Å²) < 4.78 is 18.7. The van der Waals surface area contributed by atoms with E-state index in [1.165, 1.54) is 12.1 Å². The molecule has 0 radical (unpaired) electrons. The highest BCUT2D eigenvalue weighted by atomic mass is 19.1. The molecule has 3 aliphatic heterocycles. The first-order valence-corrected chi connectivity index (χ1v) is 10.9. The van der Waals surface area contributed by atoms with Gasteiger partial charge in [-0.25, -0.2) is 4.39 Å². The molecule has 0 bridgehead atoms. The van der Waals surface area contributed by atoms with Crippen molar-refractivity contribution in [2.45, 2.75) is 31.9 Å². The van der Waals surface area contributed by atoms with E-state index in [1.54, 1.807) is 21.9 Å². The second-order valence-electron chi connectivity index (χ2n) is 8.30. The Morgan fingerprint density at radius 2 is 1.84 bits per heavy atom. The largest absolute Gasteiger partial charge is 0.368 e. The van der Waals surface area contributed by atoms with Crippen LogP contribution in [-0.4, -0.2) is 77.2 Å². The normalized spacial score (nSPS) is 21.3. The number of hydrogen-bond acceptors (Lipinski definition) is 5. The molecule has 164 valence electrons. The van der Waals surface area contributed by atoms with Crippen LogP contribution < -0.4 is 4.90 Å². The molecule has 2 amide bonds. The van der Waals surface area contributed by atoms with Crippen molar-refractivity contribution < 1.29 is 18.7 Å². The van der Waals surface area contributed by atoms with Crippen LogP contribution in [0.4, 0.5) is 10.1 Å². The zero-order valence-electron chi connectivity index (χ0n) is 17.3. The Balaban J connectivity index is 1.25. The average molecular weight is 427 g/mol. The molecule has 2 saturated heterocycles. The van der Waals surface area contributed by atoms with E-state index < -0.39 is 0 Å². The van der Waals surface area contributed by atoms with Crippen molar-refractivity contribution >= 4 is 17.5 Å². The lowest BCUT2D eigenvalue weighted by atomic mass is 10.0. The zero-order chi connectivity index (χ0) is 21.4. The predicted octanol–water partition coefficient (Wildman–Crippen LogP) is 1.57. The van der Waals surface area contributed by atoms with Crippen LogP contribution in [0.1, 0.15) is 34.6 Å². The van der Waals surface area contributed by atoms with Crippen molar-refractivity contribution in [2.24, 2.45) is 0 Å². The Labute approximate surface area is 179 Å². The lowest BCUT2D eigenvalue weighted by Crippen LogP contribution is -2.49. The fraction of sp³-hybridized carbons (Fsp3) is 0.500. The molecule has 1 aromatic heterocycles. The molecule has 0 unspecified atom stereocenters. The third-order valence-electron chi connectivity index (χ3n) is 6.41. The van der Waals surface area contributed by atoms with Crippen LogP contribution in [0.2, 0.25) is 0 Å². The van der Waals surface area contributed by atoms with E-state index in [2.05, 4.69) is 15.1 Å². The van der Waals surface area contributed by atoms with E-state index in [1.807, 2.05) is 0 Å². The van der Waals surface area contributed by atoms with Gasteiger partial charge in [-0.1, -0.05) is 0 Å². The van der Waals surface area contributed by atoms with Gasteiger partial charge in [0, 0.05) is 69.2 Å². The van der Waals surface area contributed by atoms with E-state index in [0.29, 0.717) is 58.0 Å². The molecule has 0 spiro atoms. The van der Waals surface area contributed by atoms with Crippen LogP contribution >= 0.6 is 0 Å². The number of aromatic amines is 1. The highest BCUT2D eigenvalue weighted by molar-refractivity contribution is 5.94. The van der Waals surface area contributed by atoms with Gasteiger partial charge in [-0.3, -0.25) is 14.7 Å². The van der Waals surface area contributed by atoms with Crippen molar-refractivity contribution in [1.29, 1.82) is 0 Å². The first-order valence-electron chi connectivity index (χ1n) is 10.9. The molecule has 1 atom stereocenters. The summed E-state index contributed by atoms with van der Waals surface area (Å²) >= 11 is 0. The monoisotopic (exact) mass is 427 g/mol. The molecule has 31 heavy (non-hydrogen) atoms. The van der Waals surface area contributed by atoms with Crippen LogP contribution in [-0.2, 0) is 22.5 Å². The molecule has 9 heteroatoms. The summed E-state index contributed by atoms with van der Waals surface area (Å²) in [4.78, 5) is 31.7. The van der Waals surface area contributed by atoms with Crippen LogP contribution in [0.5, 0.6) is 0 Å². The Morgan fingerprint density at radius 3 is 2.55 bits per heavy atom.